The van der Waals surface area contributed by atoms with E-state index in [0.29, 0.717) is 55.1 Å². The van der Waals surface area contributed by atoms with Crippen LogP contribution in [0.4, 0.5) is 19.5 Å². The summed E-state index contributed by atoms with van der Waals surface area (Å²) in [5.74, 6) is 0.609. The second-order valence-corrected chi connectivity index (χ2v) is 10.8. The average molecular weight is 603 g/mol. The number of piperazine rings is 1. The van der Waals surface area contributed by atoms with Crippen molar-refractivity contribution in [2.24, 2.45) is 7.05 Å². The van der Waals surface area contributed by atoms with Crippen molar-refractivity contribution in [2.75, 3.05) is 31.1 Å². The monoisotopic (exact) mass is 602 g/mol. The minimum atomic E-state index is -3.00. The Morgan fingerprint density at radius 1 is 1.05 bits per heavy atom. The second-order valence-electron chi connectivity index (χ2n) is 10.8. The number of rotatable bonds is 8. The molecule has 2 aromatic carbocycles. The minimum absolute atomic E-state index is 0.0235. The molecule has 15 heteroatoms. The van der Waals surface area contributed by atoms with E-state index in [1.54, 1.807) is 53.3 Å². The molecule has 44 heavy (non-hydrogen) atoms. The summed E-state index contributed by atoms with van der Waals surface area (Å²) in [6.07, 6.45) is 6.47. The van der Waals surface area contributed by atoms with Gasteiger partial charge in [-0.05, 0) is 35.4 Å². The van der Waals surface area contributed by atoms with Gasteiger partial charge in [-0.3, -0.25) is 14.2 Å². The van der Waals surface area contributed by atoms with Crippen LogP contribution in [0.3, 0.4) is 0 Å². The molecule has 2 amide bonds. The highest BCUT2D eigenvalue weighted by Crippen LogP contribution is 2.28. The molecular weight excluding hydrogens is 574 g/mol. The molecule has 5 heterocycles. The number of aromatic nitrogens is 7. The van der Waals surface area contributed by atoms with Crippen molar-refractivity contribution < 1.29 is 18.3 Å². The third kappa shape index (κ3) is 5.09. The summed E-state index contributed by atoms with van der Waals surface area (Å²) in [5, 5.41) is 7.48. The van der Waals surface area contributed by atoms with Gasteiger partial charge in [-0.1, -0.05) is 12.1 Å². The number of nitrogens with zero attached hydrogens (tertiary/aromatic N) is 9. The van der Waals surface area contributed by atoms with Crippen molar-refractivity contribution in [1.29, 1.82) is 0 Å². The van der Waals surface area contributed by atoms with Gasteiger partial charge in [0.05, 0.1) is 30.0 Å². The summed E-state index contributed by atoms with van der Waals surface area (Å²) in [4.78, 5) is 42.2. The number of fused-ring (bicyclic) bond motifs is 2. The number of ether oxygens (including phenoxy) is 1. The smallest absolute Gasteiger partial charge is 0.387 e. The van der Waals surface area contributed by atoms with Crippen molar-refractivity contribution in [2.45, 2.75) is 25.7 Å². The van der Waals surface area contributed by atoms with Crippen LogP contribution < -0.4 is 20.5 Å². The van der Waals surface area contributed by atoms with E-state index >= 15 is 0 Å². The molecule has 5 aromatic rings. The van der Waals surface area contributed by atoms with Gasteiger partial charge in [-0.25, -0.2) is 24.4 Å². The average Bonchev–Trinajstić information content (AvgIpc) is 3.74. The number of carbonyl (C=O) groups is 1. The quantitative estimate of drug-likeness (QED) is 0.287. The van der Waals surface area contributed by atoms with E-state index in [1.165, 1.54) is 17.1 Å². The fraction of sp³-hybridized carbons (Fsp3) is 0.310. The molecule has 0 radical (unpaired) electrons. The zero-order valence-corrected chi connectivity index (χ0v) is 23.7. The number of carbonyl (C=O) groups excluding carboxylic acids is 1. The molecule has 0 aliphatic carbocycles. The van der Waals surface area contributed by atoms with Gasteiger partial charge in [-0.15, -0.1) is 0 Å². The van der Waals surface area contributed by atoms with Crippen LogP contribution in [0.1, 0.15) is 11.1 Å². The van der Waals surface area contributed by atoms with Gasteiger partial charge < -0.3 is 19.9 Å². The van der Waals surface area contributed by atoms with E-state index in [-0.39, 0.29) is 29.9 Å². The number of hydrogen-bond donors (Lipinski definition) is 1. The first-order valence-electron chi connectivity index (χ1n) is 14.0. The molecule has 2 aliphatic rings. The fourth-order valence-corrected chi connectivity index (χ4v) is 5.89. The van der Waals surface area contributed by atoms with Crippen LogP contribution >= 0.6 is 0 Å². The molecule has 2 saturated heterocycles. The number of halogens is 2. The summed E-state index contributed by atoms with van der Waals surface area (Å²) in [6, 6.07) is 10.5. The Kier molecular flexibility index (Phi) is 6.91. The van der Waals surface area contributed by atoms with Gasteiger partial charge in [0.1, 0.15) is 18.4 Å². The van der Waals surface area contributed by atoms with E-state index in [4.69, 9.17) is 4.74 Å². The third-order valence-corrected chi connectivity index (χ3v) is 8.12. The summed E-state index contributed by atoms with van der Waals surface area (Å²) in [6.45, 7) is -0.00730. The second kappa shape index (κ2) is 11.1. The van der Waals surface area contributed by atoms with Crippen LogP contribution in [0.2, 0.25) is 0 Å². The first-order chi connectivity index (χ1) is 21.3. The Morgan fingerprint density at radius 2 is 1.89 bits per heavy atom. The van der Waals surface area contributed by atoms with E-state index in [0.717, 1.165) is 16.7 Å². The Morgan fingerprint density at radius 3 is 2.66 bits per heavy atom. The molecule has 1 unspecified atom stereocenters. The largest absolute Gasteiger partial charge is 0.434 e. The number of nitrogens with one attached hydrogen (secondary N) is 1. The molecule has 1 N–H and O–H groups in total. The lowest BCUT2D eigenvalue weighted by Gasteiger charge is -2.36. The van der Waals surface area contributed by atoms with Crippen molar-refractivity contribution in [3.05, 3.63) is 82.9 Å². The Hall–Kier alpha value is -5.34. The molecule has 1 atom stereocenters. The number of urea groups is 1. The van der Waals surface area contributed by atoms with Crippen molar-refractivity contribution >= 4 is 22.9 Å². The van der Waals surface area contributed by atoms with Crippen LogP contribution in [0, 0.1) is 0 Å². The number of amides is 2. The van der Waals surface area contributed by atoms with E-state index in [9.17, 15) is 18.4 Å². The molecule has 2 fully saturated rings. The lowest BCUT2D eigenvalue weighted by Crippen LogP contribution is -2.52. The predicted octanol–water partition coefficient (Wildman–Crippen LogP) is 2.30. The van der Waals surface area contributed by atoms with Crippen LogP contribution in [-0.4, -0.2) is 83.9 Å². The molecule has 0 spiro atoms. The highest BCUT2D eigenvalue weighted by Gasteiger charge is 2.36. The molecule has 13 nitrogen and oxygen atoms in total. The molecule has 0 bridgehead atoms. The first-order valence-corrected chi connectivity index (χ1v) is 14.0. The Bertz CT molecular complexity index is 1890. The molecule has 0 saturated carbocycles. The van der Waals surface area contributed by atoms with Crippen LogP contribution in [0.5, 0.6) is 5.75 Å². The van der Waals surface area contributed by atoms with Gasteiger partial charge in [0.25, 0.3) is 5.56 Å². The molecular formula is C29H28F2N10O3. The maximum atomic E-state index is 13.3. The van der Waals surface area contributed by atoms with Gasteiger partial charge in [0.15, 0.2) is 0 Å². The highest BCUT2D eigenvalue weighted by atomic mass is 19.3. The molecule has 3 aromatic heterocycles. The number of hydrogen-bond acceptors (Lipinski definition) is 8. The number of benzene rings is 2. The number of alkyl halides is 2. The van der Waals surface area contributed by atoms with E-state index in [1.807, 2.05) is 17.0 Å². The Labute approximate surface area is 249 Å². The topological polar surface area (TPSA) is 128 Å². The standard InChI is InChI=1S/C29H28F2N10O3/c1-37-26(42)23-4-3-19(21-10-33-28(34-11-21)38-6-7-40-22(15-38)12-35-29(40)43)9-24(23)41(37)14-20-8-18(13-39-17-32-16-36-39)2-5-25(20)44-27(30)31/h2-5,8-11,16-17,22,27H,6-7,12-15H2,1H3,(H,35,43). The minimum Gasteiger partial charge on any atom is -0.434 e. The zero-order chi connectivity index (χ0) is 30.4. The summed E-state index contributed by atoms with van der Waals surface area (Å²) < 4.78 is 36.3. The van der Waals surface area contributed by atoms with Crippen molar-refractivity contribution in [3.63, 3.8) is 0 Å². The van der Waals surface area contributed by atoms with Gasteiger partial charge in [-0.2, -0.15) is 13.9 Å². The van der Waals surface area contributed by atoms with Crippen LogP contribution in [-0.2, 0) is 20.1 Å². The summed E-state index contributed by atoms with van der Waals surface area (Å²) in [7, 11) is 1.64. The molecule has 7 rings (SSSR count). The van der Waals surface area contributed by atoms with Gasteiger partial charge >= 0.3 is 12.6 Å². The van der Waals surface area contributed by atoms with Crippen LogP contribution in [0.25, 0.3) is 22.0 Å². The van der Waals surface area contributed by atoms with E-state index < -0.39 is 6.61 Å². The molecule has 226 valence electrons. The first kappa shape index (κ1) is 27.5. The van der Waals surface area contributed by atoms with Crippen molar-refractivity contribution in [1.82, 2.24) is 44.3 Å². The SMILES string of the molecule is Cn1c(=O)c2ccc(-c3cnc(N4CCN5C(=O)NCC5C4)nc3)cc2n1Cc1cc(Cn2cncn2)ccc1OC(F)F. The van der Waals surface area contributed by atoms with Gasteiger partial charge in [0, 0.05) is 56.7 Å². The van der Waals surface area contributed by atoms with Crippen molar-refractivity contribution in [3.8, 4) is 16.9 Å². The molecule has 2 aliphatic heterocycles. The third-order valence-electron chi connectivity index (χ3n) is 8.12. The summed E-state index contributed by atoms with van der Waals surface area (Å²) >= 11 is 0. The fourth-order valence-electron chi connectivity index (χ4n) is 5.89. The highest BCUT2D eigenvalue weighted by molar-refractivity contribution is 5.84. The lowest BCUT2D eigenvalue weighted by molar-refractivity contribution is -0.0505. The number of anilines is 1. The lowest BCUT2D eigenvalue weighted by atomic mass is 10.1. The van der Waals surface area contributed by atoms with E-state index in [2.05, 4.69) is 30.3 Å². The van der Waals surface area contributed by atoms with Gasteiger partial charge in [0.2, 0.25) is 5.95 Å². The zero-order valence-electron chi connectivity index (χ0n) is 23.7. The normalized spacial score (nSPS) is 16.5. The summed E-state index contributed by atoms with van der Waals surface area (Å²) in [5.41, 5.74) is 3.25. The predicted molar refractivity (Wildman–Crippen MR) is 156 cm³/mol. The maximum Gasteiger partial charge on any atom is 0.387 e. The van der Waals surface area contributed by atoms with Crippen LogP contribution in [0.15, 0.2) is 66.2 Å². The maximum absolute atomic E-state index is 13.3. The Balaban J connectivity index is 1.19.